The van der Waals surface area contributed by atoms with E-state index in [9.17, 15) is 4.79 Å². The highest BCUT2D eigenvalue weighted by Gasteiger charge is 2.20. The Bertz CT molecular complexity index is 598. The highest BCUT2D eigenvalue weighted by Crippen LogP contribution is 2.20. The zero-order chi connectivity index (χ0) is 17.8. The van der Waals surface area contributed by atoms with E-state index in [0.717, 1.165) is 22.3 Å². The van der Waals surface area contributed by atoms with Crippen molar-refractivity contribution < 1.29 is 9.53 Å². The molecule has 0 aliphatic heterocycles. The predicted octanol–water partition coefficient (Wildman–Crippen LogP) is 4.94. The van der Waals surface area contributed by atoms with Crippen LogP contribution in [0.5, 0.6) is 0 Å². The molecule has 0 saturated carbocycles. The summed E-state index contributed by atoms with van der Waals surface area (Å²) >= 11 is 1.65. The molecule has 0 aliphatic carbocycles. The van der Waals surface area contributed by atoms with E-state index >= 15 is 0 Å². The van der Waals surface area contributed by atoms with E-state index in [1.165, 1.54) is 0 Å². The van der Waals surface area contributed by atoms with E-state index in [1.54, 1.807) is 11.8 Å². The predicted molar refractivity (Wildman–Crippen MR) is 105 cm³/mol. The summed E-state index contributed by atoms with van der Waals surface area (Å²) in [5.74, 6) is -0.272. The number of hydrogen-bond donors (Lipinski definition) is 0. The van der Waals surface area contributed by atoms with Gasteiger partial charge < -0.3 is 4.74 Å². The number of aryl methyl sites for hydroxylation is 1. The molecule has 0 heterocycles. The molecule has 0 radical (unpaired) electrons. The minimum atomic E-state index is -1.21. The molecule has 0 N–H and O–H groups in total. The molecule has 0 spiro atoms. The van der Waals surface area contributed by atoms with Crippen LogP contribution in [-0.4, -0.2) is 37.1 Å². The van der Waals surface area contributed by atoms with Gasteiger partial charge in [0.05, 0.1) is 18.7 Å². The number of esters is 1. The summed E-state index contributed by atoms with van der Waals surface area (Å²) in [5, 5.41) is 1.03. The van der Waals surface area contributed by atoms with Crippen molar-refractivity contribution in [3.63, 3.8) is 0 Å². The Balaban J connectivity index is 3.05. The van der Waals surface area contributed by atoms with Gasteiger partial charge in [0, 0.05) is 11.7 Å². The van der Waals surface area contributed by atoms with Crippen LogP contribution in [0, 0.1) is 6.92 Å². The van der Waals surface area contributed by atoms with E-state index < -0.39 is 13.7 Å². The maximum absolute atomic E-state index is 12.2. The van der Waals surface area contributed by atoms with Crippen LogP contribution in [0.1, 0.15) is 42.3 Å². The molecule has 0 aromatic heterocycles. The van der Waals surface area contributed by atoms with Crippen molar-refractivity contribution in [1.82, 2.24) is 0 Å². The van der Waals surface area contributed by atoms with Crippen molar-refractivity contribution in [3.8, 4) is 0 Å². The summed E-state index contributed by atoms with van der Waals surface area (Å²) in [6, 6.07) is 5.84. The molecule has 1 rings (SSSR count). The van der Waals surface area contributed by atoms with Crippen molar-refractivity contribution >= 4 is 30.8 Å². The SMILES string of the molecule is CS/C(=N/C[Si](C)(C)C)c1ccc(C(=O)OC(C)(C)C)c(C)c1. The fraction of sp³-hybridized carbons (Fsp3) is 0.556. The third-order valence-electron chi connectivity index (χ3n) is 2.98. The number of carbonyl (C=O) groups is 1. The number of carbonyl (C=O) groups excluding carboxylic acids is 1. The van der Waals surface area contributed by atoms with Gasteiger partial charge in [0.2, 0.25) is 0 Å². The number of benzene rings is 1. The highest BCUT2D eigenvalue weighted by atomic mass is 32.2. The Labute approximate surface area is 145 Å². The Morgan fingerprint density at radius 3 is 2.30 bits per heavy atom. The highest BCUT2D eigenvalue weighted by molar-refractivity contribution is 8.13. The van der Waals surface area contributed by atoms with Crippen LogP contribution in [0.4, 0.5) is 0 Å². The average Bonchev–Trinajstić information content (AvgIpc) is 2.36. The molecular weight excluding hydrogens is 322 g/mol. The topological polar surface area (TPSA) is 38.7 Å². The second kappa shape index (κ2) is 7.66. The first-order valence-corrected chi connectivity index (χ1v) is 12.8. The fourth-order valence-electron chi connectivity index (χ4n) is 1.94. The summed E-state index contributed by atoms with van der Waals surface area (Å²) in [7, 11) is -1.21. The lowest BCUT2D eigenvalue weighted by Gasteiger charge is -2.20. The monoisotopic (exact) mass is 351 g/mol. The molecule has 0 bridgehead atoms. The Hall–Kier alpha value is -1.07. The molecule has 0 unspecified atom stereocenters. The summed E-state index contributed by atoms with van der Waals surface area (Å²) in [6.45, 7) is 14.5. The first kappa shape index (κ1) is 20.0. The number of aliphatic imine (C=N–C) groups is 1. The van der Waals surface area contributed by atoms with Crippen LogP contribution in [0.2, 0.25) is 19.6 Å². The molecule has 5 heteroatoms. The minimum absolute atomic E-state index is 0.272. The summed E-state index contributed by atoms with van der Waals surface area (Å²) in [4.78, 5) is 17.0. The Morgan fingerprint density at radius 2 is 1.87 bits per heavy atom. The van der Waals surface area contributed by atoms with Crippen molar-refractivity contribution in [1.29, 1.82) is 0 Å². The number of rotatable bonds is 4. The minimum Gasteiger partial charge on any atom is -0.456 e. The second-order valence-corrected chi connectivity index (χ2v) is 14.2. The van der Waals surface area contributed by atoms with Crippen LogP contribution in [0.15, 0.2) is 23.2 Å². The standard InChI is InChI=1S/C18H29NO2SSi/c1-13-11-14(16(22-5)19-12-23(6,7)8)9-10-15(13)17(20)21-18(2,3)4/h9-11H,12H2,1-8H3/b19-16+. The second-order valence-electron chi connectivity index (χ2n) is 7.92. The van der Waals surface area contributed by atoms with Crippen molar-refractivity contribution in [3.05, 3.63) is 34.9 Å². The van der Waals surface area contributed by atoms with Gasteiger partial charge in [-0.2, -0.15) is 0 Å². The first-order chi connectivity index (χ1) is 10.4. The molecule has 0 amide bonds. The van der Waals surface area contributed by atoms with E-state index in [1.807, 2.05) is 52.1 Å². The quantitative estimate of drug-likeness (QED) is 0.334. The van der Waals surface area contributed by atoms with Crippen LogP contribution >= 0.6 is 11.8 Å². The lowest BCUT2D eigenvalue weighted by molar-refractivity contribution is 0.00688. The third-order valence-corrected chi connectivity index (χ3v) is 4.84. The maximum Gasteiger partial charge on any atom is 0.338 e. The van der Waals surface area contributed by atoms with Gasteiger partial charge in [-0.1, -0.05) is 25.7 Å². The molecule has 0 atom stereocenters. The van der Waals surface area contributed by atoms with Gasteiger partial charge in [0.1, 0.15) is 5.60 Å². The van der Waals surface area contributed by atoms with E-state index in [2.05, 4.69) is 19.6 Å². The van der Waals surface area contributed by atoms with Gasteiger partial charge in [-0.25, -0.2) is 4.79 Å². The van der Waals surface area contributed by atoms with E-state index in [0.29, 0.717) is 5.56 Å². The molecule has 0 aliphatic rings. The zero-order valence-corrected chi connectivity index (χ0v) is 17.4. The normalized spacial score (nSPS) is 13.1. The Morgan fingerprint density at radius 1 is 1.26 bits per heavy atom. The van der Waals surface area contributed by atoms with Crippen LogP contribution in [0.3, 0.4) is 0 Å². The first-order valence-electron chi connectivity index (χ1n) is 7.86. The number of ether oxygens (including phenoxy) is 1. The average molecular weight is 352 g/mol. The van der Waals surface area contributed by atoms with Crippen molar-refractivity contribution in [2.75, 3.05) is 12.4 Å². The van der Waals surface area contributed by atoms with Gasteiger partial charge in [0.25, 0.3) is 0 Å². The van der Waals surface area contributed by atoms with Gasteiger partial charge in [-0.3, -0.25) is 4.99 Å². The van der Waals surface area contributed by atoms with Crippen molar-refractivity contribution in [2.45, 2.75) is 52.9 Å². The lowest BCUT2D eigenvalue weighted by Crippen LogP contribution is -2.25. The molecule has 23 heavy (non-hydrogen) atoms. The molecule has 1 aromatic carbocycles. The zero-order valence-electron chi connectivity index (χ0n) is 15.6. The molecule has 0 fully saturated rings. The largest absolute Gasteiger partial charge is 0.456 e. The maximum atomic E-state index is 12.2. The third kappa shape index (κ3) is 6.91. The molecule has 0 saturated heterocycles. The summed E-state index contributed by atoms with van der Waals surface area (Å²) < 4.78 is 5.45. The Kier molecular flexibility index (Phi) is 6.66. The van der Waals surface area contributed by atoms with Crippen LogP contribution < -0.4 is 0 Å². The number of thioether (sulfide) groups is 1. The summed E-state index contributed by atoms with van der Waals surface area (Å²) in [6.07, 6.45) is 2.95. The van der Waals surface area contributed by atoms with Crippen LogP contribution in [-0.2, 0) is 4.74 Å². The van der Waals surface area contributed by atoms with E-state index in [4.69, 9.17) is 9.73 Å². The number of nitrogens with zero attached hydrogens (tertiary/aromatic N) is 1. The number of hydrogen-bond acceptors (Lipinski definition) is 4. The van der Waals surface area contributed by atoms with Gasteiger partial charge in [-0.15, -0.1) is 11.8 Å². The van der Waals surface area contributed by atoms with Crippen molar-refractivity contribution in [2.24, 2.45) is 4.99 Å². The summed E-state index contributed by atoms with van der Waals surface area (Å²) in [5.41, 5.74) is 2.13. The smallest absolute Gasteiger partial charge is 0.338 e. The lowest BCUT2D eigenvalue weighted by atomic mass is 10.1. The van der Waals surface area contributed by atoms with Crippen LogP contribution in [0.25, 0.3) is 0 Å². The van der Waals surface area contributed by atoms with Gasteiger partial charge in [-0.05, 0) is 51.6 Å². The molecular formula is C18H29NO2SSi. The van der Waals surface area contributed by atoms with Gasteiger partial charge in [0.15, 0.2) is 0 Å². The van der Waals surface area contributed by atoms with Gasteiger partial charge >= 0.3 is 5.97 Å². The fourth-order valence-corrected chi connectivity index (χ4v) is 3.24. The molecule has 3 nitrogen and oxygen atoms in total. The molecule has 1 aromatic rings. The molecule has 128 valence electrons. The van der Waals surface area contributed by atoms with E-state index in [-0.39, 0.29) is 5.97 Å².